The molecular formula is C24H27N5O3S. The molecule has 172 valence electrons. The number of sulfonamides is 1. The minimum Gasteiger partial charge on any atom is -0.338 e. The number of nitrogens with one attached hydrogen (secondary N) is 1. The smallest absolute Gasteiger partial charge is 0.246 e. The molecule has 33 heavy (non-hydrogen) atoms. The van der Waals surface area contributed by atoms with E-state index in [-0.39, 0.29) is 11.9 Å². The number of nitrogens with zero attached hydrogens (tertiary/aromatic N) is 4. The van der Waals surface area contributed by atoms with Gasteiger partial charge in [0.25, 0.3) is 0 Å². The minimum atomic E-state index is -3.31. The van der Waals surface area contributed by atoms with E-state index in [1.54, 1.807) is 23.4 Å². The van der Waals surface area contributed by atoms with Gasteiger partial charge in [0.15, 0.2) is 0 Å². The highest BCUT2D eigenvalue weighted by Crippen LogP contribution is 2.23. The average molecular weight is 466 g/mol. The van der Waals surface area contributed by atoms with Gasteiger partial charge < -0.3 is 4.90 Å². The number of rotatable bonds is 7. The van der Waals surface area contributed by atoms with Gasteiger partial charge in [-0.1, -0.05) is 30.3 Å². The molecule has 4 rings (SSSR count). The average Bonchev–Trinajstić information content (AvgIpc) is 3.20. The first-order valence-electron chi connectivity index (χ1n) is 10.8. The Kier molecular flexibility index (Phi) is 7.00. The zero-order valence-corrected chi connectivity index (χ0v) is 19.3. The predicted octanol–water partition coefficient (Wildman–Crippen LogP) is 2.55. The fourth-order valence-corrected chi connectivity index (χ4v) is 4.78. The third-order valence-corrected chi connectivity index (χ3v) is 6.19. The highest BCUT2D eigenvalue weighted by Gasteiger charge is 2.24. The van der Waals surface area contributed by atoms with Crippen LogP contribution >= 0.6 is 0 Å². The molecule has 1 saturated heterocycles. The number of hydrogen-bond donors (Lipinski definition) is 1. The maximum absolute atomic E-state index is 12.9. The van der Waals surface area contributed by atoms with Crippen molar-refractivity contribution in [3.63, 3.8) is 0 Å². The van der Waals surface area contributed by atoms with Crippen LogP contribution in [0.15, 0.2) is 67.1 Å². The summed E-state index contributed by atoms with van der Waals surface area (Å²) in [5.41, 5.74) is 3.56. The first kappa shape index (κ1) is 22.9. The highest BCUT2D eigenvalue weighted by atomic mass is 32.2. The van der Waals surface area contributed by atoms with Crippen LogP contribution in [0.2, 0.25) is 0 Å². The Morgan fingerprint density at radius 1 is 1.21 bits per heavy atom. The van der Waals surface area contributed by atoms with Crippen molar-refractivity contribution in [2.24, 2.45) is 0 Å². The monoisotopic (exact) mass is 465 g/mol. The molecule has 1 atom stereocenters. The molecule has 1 N–H and O–H groups in total. The van der Waals surface area contributed by atoms with Gasteiger partial charge in [-0.25, -0.2) is 13.1 Å². The molecular weight excluding hydrogens is 438 g/mol. The van der Waals surface area contributed by atoms with E-state index in [4.69, 9.17) is 5.10 Å². The van der Waals surface area contributed by atoms with Crippen LogP contribution < -0.4 is 4.72 Å². The molecule has 9 heteroatoms. The third kappa shape index (κ3) is 6.36. The number of pyridine rings is 1. The van der Waals surface area contributed by atoms with Gasteiger partial charge in [-0.15, -0.1) is 0 Å². The lowest BCUT2D eigenvalue weighted by molar-refractivity contribution is -0.127. The molecule has 1 unspecified atom stereocenters. The molecule has 0 radical (unpaired) electrons. The Hall–Kier alpha value is -3.30. The van der Waals surface area contributed by atoms with Gasteiger partial charge in [0.2, 0.25) is 15.9 Å². The topological polar surface area (TPSA) is 97.2 Å². The van der Waals surface area contributed by atoms with Crippen LogP contribution in [0.25, 0.3) is 17.3 Å². The van der Waals surface area contributed by atoms with E-state index in [0.29, 0.717) is 19.6 Å². The molecule has 2 aromatic heterocycles. The molecule has 0 saturated carbocycles. The van der Waals surface area contributed by atoms with Crippen LogP contribution in [0, 0.1) is 0 Å². The van der Waals surface area contributed by atoms with E-state index in [2.05, 4.69) is 9.71 Å². The molecule has 1 fully saturated rings. The van der Waals surface area contributed by atoms with Gasteiger partial charge in [0, 0.05) is 54.9 Å². The molecule has 8 nitrogen and oxygen atoms in total. The summed E-state index contributed by atoms with van der Waals surface area (Å²) in [6.45, 7) is 1.58. The Morgan fingerprint density at radius 3 is 2.76 bits per heavy atom. The molecule has 0 bridgehead atoms. The Bertz CT molecular complexity index is 1220. The lowest BCUT2D eigenvalue weighted by Crippen LogP contribution is -2.48. The van der Waals surface area contributed by atoms with Crippen molar-refractivity contribution in [3.05, 3.63) is 78.3 Å². The van der Waals surface area contributed by atoms with Gasteiger partial charge in [-0.3, -0.25) is 14.5 Å². The van der Waals surface area contributed by atoms with Gasteiger partial charge >= 0.3 is 0 Å². The number of hydrogen-bond acceptors (Lipinski definition) is 5. The van der Waals surface area contributed by atoms with Crippen LogP contribution in [0.3, 0.4) is 0 Å². The maximum atomic E-state index is 12.9. The molecule has 1 aromatic carbocycles. The van der Waals surface area contributed by atoms with Crippen molar-refractivity contribution in [1.29, 1.82) is 0 Å². The number of carbonyl (C=O) groups is 1. The summed E-state index contributed by atoms with van der Waals surface area (Å²) in [4.78, 5) is 18.7. The van der Waals surface area contributed by atoms with Gasteiger partial charge in [-0.2, -0.15) is 5.10 Å². The normalized spacial score (nSPS) is 16.9. The van der Waals surface area contributed by atoms with Crippen molar-refractivity contribution in [3.8, 4) is 11.3 Å². The van der Waals surface area contributed by atoms with Crippen molar-refractivity contribution in [2.75, 3.05) is 19.3 Å². The zero-order valence-electron chi connectivity index (χ0n) is 18.5. The molecule has 3 aromatic rings. The second kappa shape index (κ2) is 10.1. The number of amides is 1. The van der Waals surface area contributed by atoms with E-state index in [1.807, 2.05) is 53.3 Å². The molecule has 1 aliphatic heterocycles. The third-order valence-electron chi connectivity index (χ3n) is 5.43. The second-order valence-corrected chi connectivity index (χ2v) is 9.98. The SMILES string of the molecule is CS(=O)(=O)NC1CCCN(C(=O)/C=C/c2cn(Cc3ccccc3)nc2-c2cccnc2)C1. The summed E-state index contributed by atoms with van der Waals surface area (Å²) in [6, 6.07) is 13.6. The number of aromatic nitrogens is 3. The van der Waals surface area contributed by atoms with Gasteiger partial charge in [-0.05, 0) is 36.6 Å². The number of likely N-dealkylation sites (tertiary alicyclic amines) is 1. The summed E-state index contributed by atoms with van der Waals surface area (Å²) in [5, 5.41) is 4.74. The predicted molar refractivity (Wildman–Crippen MR) is 128 cm³/mol. The van der Waals surface area contributed by atoms with Gasteiger partial charge in [0.05, 0.1) is 12.8 Å². The first-order chi connectivity index (χ1) is 15.9. The summed E-state index contributed by atoms with van der Waals surface area (Å²) in [5.74, 6) is -0.150. The zero-order chi connectivity index (χ0) is 23.3. The van der Waals surface area contributed by atoms with Crippen LogP contribution in [-0.2, 0) is 21.4 Å². The number of carbonyl (C=O) groups excluding carboxylic acids is 1. The van der Waals surface area contributed by atoms with Crippen molar-refractivity contribution in [2.45, 2.75) is 25.4 Å². The fourth-order valence-electron chi connectivity index (χ4n) is 3.98. The lowest BCUT2D eigenvalue weighted by atomic mass is 10.1. The maximum Gasteiger partial charge on any atom is 0.246 e. The van der Waals surface area contributed by atoms with Crippen molar-refractivity contribution < 1.29 is 13.2 Å². The van der Waals surface area contributed by atoms with E-state index >= 15 is 0 Å². The van der Waals surface area contributed by atoms with Crippen molar-refractivity contribution in [1.82, 2.24) is 24.4 Å². The molecule has 0 spiro atoms. The summed E-state index contributed by atoms with van der Waals surface area (Å²) in [7, 11) is -3.31. The van der Waals surface area contributed by atoms with E-state index < -0.39 is 10.0 Å². The lowest BCUT2D eigenvalue weighted by Gasteiger charge is -2.32. The Balaban J connectivity index is 1.54. The molecule has 1 aliphatic rings. The quantitative estimate of drug-likeness (QED) is 0.541. The van der Waals surface area contributed by atoms with Crippen LogP contribution in [0.4, 0.5) is 0 Å². The molecule has 3 heterocycles. The first-order valence-corrected chi connectivity index (χ1v) is 12.7. The van der Waals surface area contributed by atoms with Crippen LogP contribution in [0.5, 0.6) is 0 Å². The summed E-state index contributed by atoms with van der Waals surface area (Å²) >= 11 is 0. The number of piperidine rings is 1. The van der Waals surface area contributed by atoms with E-state index in [0.717, 1.165) is 41.5 Å². The number of benzene rings is 1. The summed E-state index contributed by atoms with van der Waals surface area (Å²) < 4.78 is 27.6. The fraction of sp³-hybridized carbons (Fsp3) is 0.292. The van der Waals surface area contributed by atoms with Gasteiger partial charge in [0.1, 0.15) is 5.69 Å². The molecule has 1 amide bonds. The highest BCUT2D eigenvalue weighted by molar-refractivity contribution is 7.88. The minimum absolute atomic E-state index is 0.150. The standard InChI is InChI=1S/C24H27N5O3S/c1-33(31,32)27-22-10-6-14-28(18-22)23(30)12-11-21-17-29(16-19-7-3-2-4-8-19)26-24(21)20-9-5-13-25-15-20/h2-5,7-9,11-13,15,17,22,27H,6,10,14,16,18H2,1H3/b12-11+. The summed E-state index contributed by atoms with van der Waals surface area (Å²) in [6.07, 6.45) is 11.3. The molecule has 0 aliphatic carbocycles. The van der Waals surface area contributed by atoms with E-state index in [9.17, 15) is 13.2 Å². The Morgan fingerprint density at radius 2 is 2.03 bits per heavy atom. The Labute approximate surface area is 194 Å². The van der Waals surface area contributed by atoms with E-state index in [1.165, 1.54) is 6.08 Å². The van der Waals surface area contributed by atoms with Crippen molar-refractivity contribution >= 4 is 22.0 Å². The largest absolute Gasteiger partial charge is 0.338 e. The van der Waals surface area contributed by atoms with Crippen LogP contribution in [-0.4, -0.2) is 59.4 Å². The van der Waals surface area contributed by atoms with Crippen LogP contribution in [0.1, 0.15) is 24.0 Å². The second-order valence-electron chi connectivity index (χ2n) is 8.20.